The first-order valence-corrected chi connectivity index (χ1v) is 11.3. The minimum atomic E-state index is -1.19. The third kappa shape index (κ3) is 4.20. The summed E-state index contributed by atoms with van der Waals surface area (Å²) in [6, 6.07) is 7.21. The van der Waals surface area contributed by atoms with Gasteiger partial charge in [0.1, 0.15) is 11.4 Å². The minimum Gasteiger partial charge on any atom is -0.396 e. The summed E-state index contributed by atoms with van der Waals surface area (Å²) in [5, 5.41) is 20.4. The molecule has 9 nitrogen and oxygen atoms in total. The quantitative estimate of drug-likeness (QED) is 0.376. The van der Waals surface area contributed by atoms with E-state index in [9.17, 15) is 5.11 Å². The molecule has 4 aromatic rings. The van der Waals surface area contributed by atoms with Crippen LogP contribution in [0.5, 0.6) is 0 Å². The van der Waals surface area contributed by atoms with Crippen molar-refractivity contribution in [1.29, 1.82) is 0 Å². The fourth-order valence-electron chi connectivity index (χ4n) is 4.69. The lowest BCUT2D eigenvalue weighted by Crippen LogP contribution is -2.41. The number of methoxy groups -OCH3 is 1. The topological polar surface area (TPSA) is 114 Å². The summed E-state index contributed by atoms with van der Waals surface area (Å²) < 4.78 is 22.2. The molecule has 0 amide bonds. The molecule has 0 radical (unpaired) electrons. The van der Waals surface area contributed by atoms with Crippen LogP contribution in [-0.2, 0) is 16.9 Å². The molecule has 4 N–H and O–H groups in total. The van der Waals surface area contributed by atoms with Crippen molar-refractivity contribution in [2.75, 3.05) is 44.9 Å². The van der Waals surface area contributed by atoms with E-state index in [4.69, 9.17) is 10.5 Å². The van der Waals surface area contributed by atoms with Crippen molar-refractivity contribution in [3.05, 3.63) is 59.9 Å². The summed E-state index contributed by atoms with van der Waals surface area (Å²) >= 11 is 0. The van der Waals surface area contributed by atoms with Crippen molar-refractivity contribution in [2.45, 2.75) is 19.1 Å². The molecule has 5 rings (SSSR count). The van der Waals surface area contributed by atoms with Crippen LogP contribution in [0.2, 0.25) is 0 Å². The minimum absolute atomic E-state index is 0.0438. The van der Waals surface area contributed by atoms with E-state index < -0.39 is 11.4 Å². The number of fused-ring (bicyclic) bond motifs is 2. The number of rotatable bonds is 5. The Bertz CT molecular complexity index is 1410. The van der Waals surface area contributed by atoms with E-state index in [1.165, 1.54) is 0 Å². The lowest BCUT2D eigenvalue weighted by molar-refractivity contribution is -0.0539. The van der Waals surface area contributed by atoms with Gasteiger partial charge in [0.2, 0.25) is 0 Å². The highest BCUT2D eigenvalue weighted by Gasteiger charge is 2.37. The standard InChI is InChI=1S/C25H28FN7O2/c1-15-4-5-28-11-18(15)17-8-16-9-21(29-12-19(16)24(27)23(17)26)30-22-10-20-25(34,14-35-3)13-32(2)6-7-33(20)31-22/h4-5,8-12,34H,6-7,13-14,27H2,1-3H3,(H,29,30,31). The number of ether oxygens (including phenoxy) is 1. The molecule has 1 atom stereocenters. The molecule has 0 saturated carbocycles. The highest BCUT2D eigenvalue weighted by Crippen LogP contribution is 2.35. The van der Waals surface area contributed by atoms with Gasteiger partial charge in [0, 0.05) is 61.4 Å². The Hall–Kier alpha value is -3.60. The average molecular weight is 478 g/mol. The fraction of sp³-hybridized carbons (Fsp3) is 0.320. The van der Waals surface area contributed by atoms with E-state index in [0.29, 0.717) is 46.9 Å². The predicted molar refractivity (Wildman–Crippen MR) is 133 cm³/mol. The van der Waals surface area contributed by atoms with Gasteiger partial charge in [-0.2, -0.15) is 5.10 Å². The summed E-state index contributed by atoms with van der Waals surface area (Å²) in [5.74, 6) is 0.582. The molecule has 1 aliphatic rings. The lowest BCUT2D eigenvalue weighted by Gasteiger charge is -2.28. The highest BCUT2D eigenvalue weighted by atomic mass is 19.1. The van der Waals surface area contributed by atoms with Gasteiger partial charge in [0.25, 0.3) is 0 Å². The van der Waals surface area contributed by atoms with Crippen molar-refractivity contribution in [3.63, 3.8) is 0 Å². The molecular formula is C25H28FN7O2. The van der Waals surface area contributed by atoms with Gasteiger partial charge in [-0.25, -0.2) is 9.37 Å². The molecule has 0 spiro atoms. The second-order valence-electron chi connectivity index (χ2n) is 9.10. The number of aromatic nitrogens is 4. The molecule has 1 aromatic carbocycles. The summed E-state index contributed by atoms with van der Waals surface area (Å²) in [6.45, 7) is 3.87. The molecule has 1 aliphatic heterocycles. The number of nitrogens with zero attached hydrogens (tertiary/aromatic N) is 5. The number of anilines is 3. The molecule has 4 heterocycles. The number of nitrogen functional groups attached to an aromatic ring is 1. The number of aryl methyl sites for hydroxylation is 1. The second-order valence-corrected chi connectivity index (χ2v) is 9.10. The molecule has 3 aromatic heterocycles. The average Bonchev–Trinajstić information content (AvgIpc) is 3.19. The van der Waals surface area contributed by atoms with E-state index >= 15 is 4.39 Å². The third-order valence-electron chi connectivity index (χ3n) is 6.45. The van der Waals surface area contributed by atoms with E-state index in [2.05, 4.69) is 25.3 Å². The molecule has 0 bridgehead atoms. The van der Waals surface area contributed by atoms with E-state index in [-0.39, 0.29) is 12.3 Å². The van der Waals surface area contributed by atoms with Crippen LogP contribution in [0.1, 0.15) is 11.3 Å². The largest absolute Gasteiger partial charge is 0.396 e. The van der Waals surface area contributed by atoms with Crippen LogP contribution < -0.4 is 11.1 Å². The molecule has 0 saturated heterocycles. The normalized spacial score (nSPS) is 18.4. The van der Waals surface area contributed by atoms with Crippen LogP contribution >= 0.6 is 0 Å². The predicted octanol–water partition coefficient (Wildman–Crippen LogP) is 3.05. The van der Waals surface area contributed by atoms with Crippen LogP contribution in [0.3, 0.4) is 0 Å². The molecule has 35 heavy (non-hydrogen) atoms. The first-order valence-electron chi connectivity index (χ1n) is 11.3. The van der Waals surface area contributed by atoms with Crippen LogP contribution in [0.25, 0.3) is 21.9 Å². The Labute approximate surface area is 202 Å². The zero-order valence-electron chi connectivity index (χ0n) is 19.9. The number of benzene rings is 1. The fourth-order valence-corrected chi connectivity index (χ4v) is 4.69. The molecule has 182 valence electrons. The molecule has 0 fully saturated rings. The second kappa shape index (κ2) is 8.88. The van der Waals surface area contributed by atoms with Crippen molar-refractivity contribution in [3.8, 4) is 11.1 Å². The highest BCUT2D eigenvalue weighted by molar-refractivity contribution is 5.98. The third-order valence-corrected chi connectivity index (χ3v) is 6.45. The monoisotopic (exact) mass is 477 g/mol. The van der Waals surface area contributed by atoms with Crippen molar-refractivity contribution in [1.82, 2.24) is 24.6 Å². The Balaban J connectivity index is 1.52. The van der Waals surface area contributed by atoms with Crippen LogP contribution in [-0.4, -0.2) is 63.6 Å². The Morgan fingerprint density at radius 3 is 2.80 bits per heavy atom. The summed E-state index contributed by atoms with van der Waals surface area (Å²) in [7, 11) is 3.53. The number of aliphatic hydroxyl groups is 1. The van der Waals surface area contributed by atoms with Crippen molar-refractivity contribution >= 4 is 28.1 Å². The van der Waals surface area contributed by atoms with Crippen LogP contribution in [0, 0.1) is 12.7 Å². The summed E-state index contributed by atoms with van der Waals surface area (Å²) in [6.07, 6.45) is 4.86. The van der Waals surface area contributed by atoms with E-state index in [1.807, 2.05) is 26.1 Å². The zero-order valence-corrected chi connectivity index (χ0v) is 19.9. The van der Waals surface area contributed by atoms with Gasteiger partial charge in [-0.3, -0.25) is 9.67 Å². The van der Waals surface area contributed by atoms with Crippen molar-refractivity contribution < 1.29 is 14.2 Å². The van der Waals surface area contributed by atoms with Crippen LogP contribution in [0.4, 0.5) is 21.7 Å². The maximum Gasteiger partial charge on any atom is 0.154 e. The van der Waals surface area contributed by atoms with Crippen LogP contribution in [0.15, 0.2) is 42.9 Å². The smallest absolute Gasteiger partial charge is 0.154 e. The Morgan fingerprint density at radius 1 is 1.20 bits per heavy atom. The van der Waals surface area contributed by atoms with Gasteiger partial charge in [0.05, 0.1) is 24.5 Å². The van der Waals surface area contributed by atoms with E-state index in [0.717, 1.165) is 17.5 Å². The van der Waals surface area contributed by atoms with Gasteiger partial charge in [0.15, 0.2) is 11.6 Å². The van der Waals surface area contributed by atoms with Crippen molar-refractivity contribution in [2.24, 2.45) is 0 Å². The number of nitrogens with one attached hydrogen (secondary N) is 1. The lowest BCUT2D eigenvalue weighted by atomic mass is 9.98. The molecule has 0 aliphatic carbocycles. The molecular weight excluding hydrogens is 449 g/mol. The van der Waals surface area contributed by atoms with Gasteiger partial charge in [-0.1, -0.05) is 0 Å². The van der Waals surface area contributed by atoms with Gasteiger partial charge < -0.3 is 25.8 Å². The molecule has 1 unspecified atom stereocenters. The van der Waals surface area contributed by atoms with Gasteiger partial charge in [-0.15, -0.1) is 0 Å². The van der Waals surface area contributed by atoms with Gasteiger partial charge in [-0.05, 0) is 43.1 Å². The maximum absolute atomic E-state index is 15.1. The number of nitrogens with two attached hydrogens (primary N) is 1. The zero-order chi connectivity index (χ0) is 24.7. The SMILES string of the molecule is COCC1(O)CN(C)CCn2nc(Nc3cc4cc(-c5cnccc5C)c(F)c(N)c4cn3)cc21. The summed E-state index contributed by atoms with van der Waals surface area (Å²) in [4.78, 5) is 10.6. The number of likely N-dealkylation sites (N-methyl/N-ethyl adjacent to an activating group) is 1. The Morgan fingerprint density at radius 2 is 2.03 bits per heavy atom. The van der Waals surface area contributed by atoms with E-state index in [1.54, 1.807) is 42.5 Å². The number of hydrogen-bond donors (Lipinski definition) is 3. The number of halogens is 1. The first-order chi connectivity index (χ1) is 16.8. The number of pyridine rings is 2. The first kappa shape index (κ1) is 23.2. The maximum atomic E-state index is 15.1. The Kier molecular flexibility index (Phi) is 5.87. The van der Waals surface area contributed by atoms with Gasteiger partial charge >= 0.3 is 0 Å². The summed E-state index contributed by atoms with van der Waals surface area (Å²) in [5.41, 5.74) is 7.65. The number of β-amino-alcohol motifs (C(OH)–C–C–N with tert-alkyl or cyclic N) is 1. The number of hydrogen-bond acceptors (Lipinski definition) is 8. The molecule has 10 heteroatoms.